The van der Waals surface area contributed by atoms with E-state index in [9.17, 15) is 4.79 Å². The Bertz CT molecular complexity index is 939. The molecule has 0 spiro atoms. The van der Waals surface area contributed by atoms with Gasteiger partial charge in [-0.2, -0.15) is 0 Å². The molecule has 4 nitrogen and oxygen atoms in total. The van der Waals surface area contributed by atoms with Gasteiger partial charge in [0.2, 0.25) is 0 Å². The highest BCUT2D eigenvalue weighted by Crippen LogP contribution is 2.31. The van der Waals surface area contributed by atoms with E-state index >= 15 is 0 Å². The van der Waals surface area contributed by atoms with E-state index in [2.05, 4.69) is 17.4 Å². The highest BCUT2D eigenvalue weighted by atomic mass is 16.5. The van der Waals surface area contributed by atoms with Crippen molar-refractivity contribution in [2.45, 2.75) is 18.9 Å². The van der Waals surface area contributed by atoms with Crippen LogP contribution in [0.3, 0.4) is 0 Å². The van der Waals surface area contributed by atoms with Gasteiger partial charge in [-0.15, -0.1) is 0 Å². The van der Waals surface area contributed by atoms with Crippen LogP contribution in [0.25, 0.3) is 0 Å². The minimum absolute atomic E-state index is 0.00860. The Morgan fingerprint density at radius 1 is 0.964 bits per heavy atom. The number of benzene rings is 3. The minimum Gasteiger partial charge on any atom is -0.493 e. The molecule has 142 valence electrons. The summed E-state index contributed by atoms with van der Waals surface area (Å²) in [6.45, 7) is 0.591. The van der Waals surface area contributed by atoms with E-state index in [1.807, 2.05) is 66.7 Å². The summed E-state index contributed by atoms with van der Waals surface area (Å²) in [5.41, 5.74) is 3.30. The second-order valence-electron chi connectivity index (χ2n) is 6.85. The molecule has 0 aliphatic carbocycles. The summed E-state index contributed by atoms with van der Waals surface area (Å²) in [6.07, 6.45) is 1.53. The Morgan fingerprint density at radius 3 is 2.61 bits per heavy atom. The Labute approximate surface area is 165 Å². The average Bonchev–Trinajstić information content (AvgIpc) is 2.74. The summed E-state index contributed by atoms with van der Waals surface area (Å²) >= 11 is 0. The molecule has 3 aromatic carbocycles. The fourth-order valence-electron chi connectivity index (χ4n) is 3.48. The van der Waals surface area contributed by atoms with Crippen molar-refractivity contribution in [2.75, 3.05) is 13.2 Å². The number of amides is 1. The van der Waals surface area contributed by atoms with Crippen LogP contribution in [0.4, 0.5) is 0 Å². The maximum Gasteiger partial charge on any atom is 0.258 e. The lowest BCUT2D eigenvalue weighted by atomic mass is 10.0. The predicted molar refractivity (Wildman–Crippen MR) is 109 cm³/mol. The lowest BCUT2D eigenvalue weighted by Gasteiger charge is -2.26. The van der Waals surface area contributed by atoms with Gasteiger partial charge in [0.05, 0.1) is 12.6 Å². The molecule has 1 N–H and O–H groups in total. The largest absolute Gasteiger partial charge is 0.493 e. The molecule has 1 aliphatic rings. The first-order chi connectivity index (χ1) is 13.8. The molecule has 4 rings (SSSR count). The van der Waals surface area contributed by atoms with Crippen molar-refractivity contribution in [3.05, 3.63) is 95.6 Å². The molecule has 0 saturated carbocycles. The van der Waals surface area contributed by atoms with Gasteiger partial charge >= 0.3 is 0 Å². The average molecular weight is 373 g/mol. The lowest BCUT2D eigenvalue weighted by molar-refractivity contribution is -0.124. The molecular weight excluding hydrogens is 350 g/mol. The topological polar surface area (TPSA) is 47.6 Å². The monoisotopic (exact) mass is 373 g/mol. The van der Waals surface area contributed by atoms with E-state index in [0.29, 0.717) is 6.61 Å². The molecular formula is C24H23NO3. The molecule has 28 heavy (non-hydrogen) atoms. The second-order valence-corrected chi connectivity index (χ2v) is 6.85. The lowest BCUT2D eigenvalue weighted by Crippen LogP contribution is -2.35. The van der Waals surface area contributed by atoms with Gasteiger partial charge in [0.25, 0.3) is 5.91 Å². The van der Waals surface area contributed by atoms with Gasteiger partial charge in [0.15, 0.2) is 6.61 Å². The molecule has 3 aromatic rings. The Hall–Kier alpha value is -3.27. The fourth-order valence-corrected chi connectivity index (χ4v) is 3.48. The zero-order valence-corrected chi connectivity index (χ0v) is 15.6. The molecule has 1 atom stereocenters. The Kier molecular flexibility index (Phi) is 5.57. The molecule has 0 unspecified atom stereocenters. The normalized spacial score (nSPS) is 15.2. The molecule has 0 aromatic heterocycles. The summed E-state index contributed by atoms with van der Waals surface area (Å²) in [5.74, 6) is 1.46. The van der Waals surface area contributed by atoms with Crippen molar-refractivity contribution >= 4 is 5.91 Å². The third-order valence-electron chi connectivity index (χ3n) is 4.86. The molecule has 1 amide bonds. The maximum absolute atomic E-state index is 12.5. The number of hydrogen-bond acceptors (Lipinski definition) is 3. The number of fused-ring (bicyclic) bond motifs is 1. The quantitative estimate of drug-likeness (QED) is 0.701. The Morgan fingerprint density at radius 2 is 1.71 bits per heavy atom. The van der Waals surface area contributed by atoms with Crippen molar-refractivity contribution in [3.8, 4) is 11.5 Å². The number of ether oxygens (including phenoxy) is 2. The van der Waals surface area contributed by atoms with Gasteiger partial charge in [-0.1, -0.05) is 66.7 Å². The van der Waals surface area contributed by atoms with Gasteiger partial charge in [-0.3, -0.25) is 4.79 Å². The predicted octanol–water partition coefficient (Wildman–Crippen LogP) is 4.30. The van der Waals surface area contributed by atoms with Crippen LogP contribution in [0.1, 0.15) is 29.2 Å². The van der Waals surface area contributed by atoms with Gasteiger partial charge < -0.3 is 14.8 Å². The molecule has 1 aliphatic heterocycles. The van der Waals surface area contributed by atoms with E-state index < -0.39 is 0 Å². The Balaban J connectivity index is 1.38. The summed E-state index contributed by atoms with van der Waals surface area (Å²) in [7, 11) is 0. The summed E-state index contributed by atoms with van der Waals surface area (Å²) in [6, 6.07) is 25.9. The SMILES string of the molecule is O=C(COc1ccccc1Cc1ccccc1)N[C@H]1CCOc2ccccc21. The van der Waals surface area contributed by atoms with Crippen LogP contribution in [0, 0.1) is 0 Å². The van der Waals surface area contributed by atoms with Gasteiger partial charge in [0, 0.05) is 18.4 Å². The number of rotatable bonds is 6. The van der Waals surface area contributed by atoms with E-state index in [4.69, 9.17) is 9.47 Å². The number of carbonyl (C=O) groups excluding carboxylic acids is 1. The van der Waals surface area contributed by atoms with Crippen molar-refractivity contribution in [3.63, 3.8) is 0 Å². The van der Waals surface area contributed by atoms with Crippen molar-refractivity contribution in [1.82, 2.24) is 5.32 Å². The summed E-state index contributed by atoms with van der Waals surface area (Å²) in [4.78, 5) is 12.5. The molecule has 1 heterocycles. The van der Waals surface area contributed by atoms with Crippen LogP contribution in [-0.2, 0) is 11.2 Å². The molecule has 0 radical (unpaired) electrons. The standard InChI is InChI=1S/C24H23NO3/c26-24(25-21-14-15-27-23-13-7-5-11-20(21)23)17-28-22-12-6-4-10-19(22)16-18-8-2-1-3-9-18/h1-13,21H,14-17H2,(H,25,26)/t21-/m0/s1. The number of hydrogen-bond donors (Lipinski definition) is 1. The zero-order valence-electron chi connectivity index (χ0n) is 15.6. The van der Waals surface area contributed by atoms with Crippen LogP contribution in [0.2, 0.25) is 0 Å². The van der Waals surface area contributed by atoms with Crippen LogP contribution < -0.4 is 14.8 Å². The summed E-state index contributed by atoms with van der Waals surface area (Å²) in [5, 5.41) is 3.07. The smallest absolute Gasteiger partial charge is 0.258 e. The third-order valence-corrected chi connectivity index (χ3v) is 4.86. The molecule has 0 fully saturated rings. The third kappa shape index (κ3) is 4.34. The van der Waals surface area contributed by atoms with Crippen molar-refractivity contribution in [1.29, 1.82) is 0 Å². The van der Waals surface area contributed by atoms with Crippen molar-refractivity contribution < 1.29 is 14.3 Å². The first kappa shape index (κ1) is 18.1. The van der Waals surface area contributed by atoms with Gasteiger partial charge in [-0.05, 0) is 23.3 Å². The van der Waals surface area contributed by atoms with Crippen LogP contribution >= 0.6 is 0 Å². The van der Waals surface area contributed by atoms with Crippen molar-refractivity contribution in [2.24, 2.45) is 0 Å². The van der Waals surface area contributed by atoms with E-state index in [1.54, 1.807) is 0 Å². The summed E-state index contributed by atoms with van der Waals surface area (Å²) < 4.78 is 11.5. The highest BCUT2D eigenvalue weighted by Gasteiger charge is 2.22. The van der Waals surface area contributed by atoms with Crippen LogP contribution in [0.15, 0.2) is 78.9 Å². The number of para-hydroxylation sites is 2. The number of nitrogens with one attached hydrogen (secondary N) is 1. The highest BCUT2D eigenvalue weighted by molar-refractivity contribution is 5.78. The second kappa shape index (κ2) is 8.61. The maximum atomic E-state index is 12.5. The molecule has 0 saturated heterocycles. The fraction of sp³-hybridized carbons (Fsp3) is 0.208. The van der Waals surface area contributed by atoms with Gasteiger partial charge in [-0.25, -0.2) is 0 Å². The zero-order chi connectivity index (χ0) is 19.2. The molecule has 0 bridgehead atoms. The van der Waals surface area contributed by atoms with Crippen LogP contribution in [-0.4, -0.2) is 19.1 Å². The first-order valence-corrected chi connectivity index (χ1v) is 9.55. The first-order valence-electron chi connectivity index (χ1n) is 9.55. The van der Waals surface area contributed by atoms with E-state index in [1.165, 1.54) is 5.56 Å². The number of carbonyl (C=O) groups is 1. The van der Waals surface area contributed by atoms with E-state index in [0.717, 1.165) is 35.5 Å². The van der Waals surface area contributed by atoms with Gasteiger partial charge in [0.1, 0.15) is 11.5 Å². The molecule has 4 heteroatoms. The van der Waals surface area contributed by atoms with E-state index in [-0.39, 0.29) is 18.6 Å². The van der Waals surface area contributed by atoms with Crippen LogP contribution in [0.5, 0.6) is 11.5 Å². The minimum atomic E-state index is -0.129.